The number of aryl methyl sites for hydroxylation is 1. The average Bonchev–Trinajstić information content (AvgIpc) is 2.41. The Morgan fingerprint density at radius 2 is 2.22 bits per heavy atom. The minimum atomic E-state index is -0.0525. The Morgan fingerprint density at radius 1 is 1.44 bits per heavy atom. The molecule has 0 aromatic carbocycles. The quantitative estimate of drug-likeness (QED) is 0.828. The van der Waals surface area contributed by atoms with Crippen molar-refractivity contribution in [2.24, 2.45) is 0 Å². The van der Waals surface area contributed by atoms with E-state index in [0.717, 1.165) is 47.8 Å². The molecule has 2 N–H and O–H groups in total. The lowest BCUT2D eigenvalue weighted by atomic mass is 10.2. The Kier molecular flexibility index (Phi) is 4.74. The van der Waals surface area contributed by atoms with E-state index in [4.69, 9.17) is 10.5 Å². The first-order chi connectivity index (χ1) is 8.65. The van der Waals surface area contributed by atoms with Gasteiger partial charge in [-0.2, -0.15) is 0 Å². The first-order valence-electron chi connectivity index (χ1n) is 6.31. The summed E-state index contributed by atoms with van der Waals surface area (Å²) in [5.41, 5.74) is 6.95. The number of rotatable bonds is 3. The Morgan fingerprint density at radius 3 is 2.89 bits per heavy atom. The zero-order valence-corrected chi connectivity index (χ0v) is 13.0. The minimum Gasteiger partial charge on any atom is -0.383 e. The Balaban J connectivity index is 2.24. The van der Waals surface area contributed by atoms with Gasteiger partial charge in [-0.3, -0.25) is 4.90 Å². The largest absolute Gasteiger partial charge is 0.383 e. The molecule has 0 spiro atoms. The Hall–Kier alpha value is -0.470. The summed E-state index contributed by atoms with van der Waals surface area (Å²) >= 11 is 2.20. The van der Waals surface area contributed by atoms with E-state index in [1.807, 2.05) is 0 Å². The zero-order valence-electron chi connectivity index (χ0n) is 10.8. The second kappa shape index (κ2) is 6.12. The third kappa shape index (κ3) is 2.92. The number of halogens is 1. The normalized spacial score (nSPS) is 21.2. The van der Waals surface area contributed by atoms with Crippen molar-refractivity contribution in [3.05, 3.63) is 15.1 Å². The lowest BCUT2D eigenvalue weighted by Gasteiger charge is -2.31. The van der Waals surface area contributed by atoms with E-state index in [0.29, 0.717) is 5.82 Å². The van der Waals surface area contributed by atoms with Gasteiger partial charge in [0.15, 0.2) is 5.82 Å². The molecule has 2 rings (SSSR count). The summed E-state index contributed by atoms with van der Waals surface area (Å²) in [5.74, 6) is 1.29. The molecule has 6 heteroatoms. The summed E-state index contributed by atoms with van der Waals surface area (Å²) in [7, 11) is 0. The molecule has 1 aliphatic rings. The van der Waals surface area contributed by atoms with E-state index < -0.39 is 0 Å². The molecule has 1 atom stereocenters. The number of morpholine rings is 1. The van der Waals surface area contributed by atoms with E-state index in [1.54, 1.807) is 0 Å². The van der Waals surface area contributed by atoms with Gasteiger partial charge >= 0.3 is 0 Å². The van der Waals surface area contributed by atoms with Gasteiger partial charge in [0.2, 0.25) is 0 Å². The highest BCUT2D eigenvalue weighted by Crippen LogP contribution is 2.23. The lowest BCUT2D eigenvalue weighted by molar-refractivity contribution is -0.0326. The summed E-state index contributed by atoms with van der Waals surface area (Å²) in [4.78, 5) is 11.3. The van der Waals surface area contributed by atoms with Crippen molar-refractivity contribution in [3.8, 4) is 0 Å². The maximum absolute atomic E-state index is 5.94. The molecule has 1 fully saturated rings. The van der Waals surface area contributed by atoms with Crippen LogP contribution in [0.5, 0.6) is 0 Å². The van der Waals surface area contributed by atoms with Crippen molar-refractivity contribution in [1.29, 1.82) is 0 Å². The van der Waals surface area contributed by atoms with Gasteiger partial charge in [0, 0.05) is 13.1 Å². The van der Waals surface area contributed by atoms with Gasteiger partial charge in [-0.15, -0.1) is 0 Å². The van der Waals surface area contributed by atoms with E-state index in [9.17, 15) is 0 Å². The van der Waals surface area contributed by atoms with Crippen LogP contribution in [0.4, 0.5) is 5.82 Å². The molecule has 0 saturated carbocycles. The molecular formula is C12H19IN4O. The molecule has 0 aliphatic carbocycles. The molecule has 0 bridgehead atoms. The first-order valence-corrected chi connectivity index (χ1v) is 7.39. The van der Waals surface area contributed by atoms with Crippen molar-refractivity contribution in [2.45, 2.75) is 26.4 Å². The fraction of sp³-hybridized carbons (Fsp3) is 0.667. The summed E-state index contributed by atoms with van der Waals surface area (Å²) < 4.78 is 6.73. The minimum absolute atomic E-state index is 0.0525. The zero-order chi connectivity index (χ0) is 13.1. The number of ether oxygens (including phenoxy) is 1. The van der Waals surface area contributed by atoms with Crippen LogP contribution in [-0.2, 0) is 11.2 Å². The maximum atomic E-state index is 5.94. The van der Waals surface area contributed by atoms with Crippen molar-refractivity contribution < 1.29 is 4.74 Å². The van der Waals surface area contributed by atoms with Gasteiger partial charge in [0.05, 0.1) is 15.9 Å². The molecule has 1 aromatic rings. The molecule has 100 valence electrons. The van der Waals surface area contributed by atoms with E-state index in [-0.39, 0.29) is 6.10 Å². The standard InChI is InChI=1S/C12H19IN4O/c1-3-8-10(13)11(14)16-12(15-8)9-7-17(4-2)5-6-18-9/h9H,3-7H2,1-2H3,(H2,14,15,16). The van der Waals surface area contributed by atoms with Gasteiger partial charge in [0.1, 0.15) is 11.9 Å². The van der Waals surface area contributed by atoms with Crippen molar-refractivity contribution in [1.82, 2.24) is 14.9 Å². The van der Waals surface area contributed by atoms with E-state index in [2.05, 4.69) is 51.3 Å². The molecule has 1 aliphatic heterocycles. The highest BCUT2D eigenvalue weighted by molar-refractivity contribution is 14.1. The number of likely N-dealkylation sites (N-methyl/N-ethyl adjacent to an activating group) is 1. The van der Waals surface area contributed by atoms with Crippen LogP contribution in [-0.4, -0.2) is 41.1 Å². The van der Waals surface area contributed by atoms with Crippen LogP contribution in [0, 0.1) is 3.57 Å². The molecule has 1 unspecified atom stereocenters. The van der Waals surface area contributed by atoms with E-state index >= 15 is 0 Å². The topological polar surface area (TPSA) is 64.3 Å². The number of nitrogen functional groups attached to an aromatic ring is 1. The highest BCUT2D eigenvalue weighted by Gasteiger charge is 2.24. The van der Waals surface area contributed by atoms with Crippen LogP contribution in [0.2, 0.25) is 0 Å². The fourth-order valence-corrected chi connectivity index (χ4v) is 2.68. The van der Waals surface area contributed by atoms with Gasteiger partial charge in [-0.25, -0.2) is 9.97 Å². The SMILES string of the molecule is CCc1nc(C2CN(CC)CCO2)nc(N)c1I. The monoisotopic (exact) mass is 362 g/mol. The molecule has 5 nitrogen and oxygen atoms in total. The van der Waals surface area contributed by atoms with Crippen LogP contribution >= 0.6 is 22.6 Å². The second-order valence-electron chi connectivity index (χ2n) is 4.33. The third-order valence-corrected chi connectivity index (χ3v) is 4.36. The third-order valence-electron chi connectivity index (χ3n) is 3.18. The summed E-state index contributed by atoms with van der Waals surface area (Å²) in [6, 6.07) is 0. The molecule has 18 heavy (non-hydrogen) atoms. The van der Waals surface area contributed by atoms with Crippen LogP contribution in [0.15, 0.2) is 0 Å². The summed E-state index contributed by atoms with van der Waals surface area (Å²) in [5, 5.41) is 0. The molecular weight excluding hydrogens is 343 g/mol. The van der Waals surface area contributed by atoms with Gasteiger partial charge in [-0.05, 0) is 35.6 Å². The van der Waals surface area contributed by atoms with Gasteiger partial charge in [-0.1, -0.05) is 13.8 Å². The van der Waals surface area contributed by atoms with Gasteiger partial charge < -0.3 is 10.5 Å². The number of hydrogen-bond donors (Lipinski definition) is 1. The molecule has 0 radical (unpaired) electrons. The maximum Gasteiger partial charge on any atom is 0.161 e. The first kappa shape index (κ1) is 14.0. The summed E-state index contributed by atoms with van der Waals surface area (Å²) in [6.07, 6.45) is 0.811. The van der Waals surface area contributed by atoms with Crippen LogP contribution in [0.25, 0.3) is 0 Å². The predicted octanol–water partition coefficient (Wildman–Crippen LogP) is 1.62. The second-order valence-corrected chi connectivity index (χ2v) is 5.41. The van der Waals surface area contributed by atoms with Crippen LogP contribution < -0.4 is 5.73 Å². The number of nitrogens with two attached hydrogens (primary N) is 1. The Labute approximate surface area is 121 Å². The van der Waals surface area contributed by atoms with Crippen LogP contribution in [0.3, 0.4) is 0 Å². The molecule has 0 amide bonds. The fourth-order valence-electron chi connectivity index (χ4n) is 2.06. The van der Waals surface area contributed by atoms with Crippen molar-refractivity contribution >= 4 is 28.4 Å². The van der Waals surface area contributed by atoms with Crippen LogP contribution in [0.1, 0.15) is 31.5 Å². The van der Waals surface area contributed by atoms with Crippen molar-refractivity contribution in [2.75, 3.05) is 32.0 Å². The predicted molar refractivity (Wildman–Crippen MR) is 79.3 cm³/mol. The molecule has 1 aromatic heterocycles. The number of hydrogen-bond acceptors (Lipinski definition) is 5. The highest BCUT2D eigenvalue weighted by atomic mass is 127. The smallest absolute Gasteiger partial charge is 0.161 e. The average molecular weight is 362 g/mol. The molecule has 2 heterocycles. The Bertz CT molecular complexity index is 427. The van der Waals surface area contributed by atoms with E-state index in [1.165, 1.54) is 0 Å². The number of aromatic nitrogens is 2. The van der Waals surface area contributed by atoms with Crippen molar-refractivity contribution in [3.63, 3.8) is 0 Å². The molecule has 1 saturated heterocycles. The lowest BCUT2D eigenvalue weighted by Crippen LogP contribution is -2.38. The van der Waals surface area contributed by atoms with Gasteiger partial charge in [0.25, 0.3) is 0 Å². The number of anilines is 1. The summed E-state index contributed by atoms with van der Waals surface area (Å²) in [6.45, 7) is 7.82. The number of nitrogens with zero attached hydrogens (tertiary/aromatic N) is 3.